The van der Waals surface area contributed by atoms with E-state index in [1.807, 2.05) is 19.2 Å². The van der Waals surface area contributed by atoms with Crippen molar-refractivity contribution in [1.29, 1.82) is 0 Å². The summed E-state index contributed by atoms with van der Waals surface area (Å²) in [5.41, 5.74) is 3.95. The minimum atomic E-state index is -3.15. The van der Waals surface area contributed by atoms with E-state index in [2.05, 4.69) is 44.4 Å². The summed E-state index contributed by atoms with van der Waals surface area (Å²) in [6, 6.07) is 4.16. The van der Waals surface area contributed by atoms with Crippen molar-refractivity contribution in [2.75, 3.05) is 31.3 Å². The van der Waals surface area contributed by atoms with Gasteiger partial charge in [0.2, 0.25) is 10.0 Å². The molecule has 11 heteroatoms. The largest absolute Gasteiger partial charge is 0.305 e. The van der Waals surface area contributed by atoms with Crippen LogP contribution in [-0.2, 0) is 16.4 Å². The Hall–Kier alpha value is -2.08. The van der Waals surface area contributed by atoms with Gasteiger partial charge < -0.3 is 4.90 Å². The second-order valence-electron chi connectivity index (χ2n) is 9.37. The summed E-state index contributed by atoms with van der Waals surface area (Å²) in [4.78, 5) is 11.9. The Balaban J connectivity index is 1.46. The number of aromatic nitrogens is 3. The summed E-state index contributed by atoms with van der Waals surface area (Å²) < 4.78 is 41.9. The second kappa shape index (κ2) is 10.00. The fourth-order valence-corrected chi connectivity index (χ4v) is 7.53. The van der Waals surface area contributed by atoms with Crippen molar-refractivity contribution < 1.29 is 12.8 Å². The molecule has 1 unspecified atom stereocenters. The molecular weight excluding hydrogens is 565 g/mol. The van der Waals surface area contributed by atoms with Crippen LogP contribution in [0.15, 0.2) is 46.2 Å². The van der Waals surface area contributed by atoms with Crippen molar-refractivity contribution >= 4 is 53.9 Å². The molecule has 1 aliphatic carbocycles. The van der Waals surface area contributed by atoms with Crippen LogP contribution < -0.4 is 4.90 Å². The van der Waals surface area contributed by atoms with E-state index in [-0.39, 0.29) is 11.7 Å². The number of allylic oxidation sites excluding steroid dienone is 4. The molecule has 1 aliphatic heterocycles. The number of fused-ring (bicyclic) bond motifs is 1. The third-order valence-electron chi connectivity index (χ3n) is 7.02. The van der Waals surface area contributed by atoms with Gasteiger partial charge in [-0.1, -0.05) is 30.4 Å². The first-order valence-electron chi connectivity index (χ1n) is 12.1. The molecular formula is C25H29BrFN5O2S2. The first kappa shape index (κ1) is 25.6. The zero-order valence-electron chi connectivity index (χ0n) is 20.5. The minimum absolute atomic E-state index is 0.0366. The number of hydrogen-bond donors (Lipinski definition) is 0. The number of thiazole rings is 1. The monoisotopic (exact) mass is 593 g/mol. The zero-order chi connectivity index (χ0) is 25.6. The number of hydrogen-bond acceptors (Lipinski definition) is 6. The van der Waals surface area contributed by atoms with Crippen LogP contribution in [0.1, 0.15) is 55.0 Å². The first-order valence-corrected chi connectivity index (χ1v) is 15.5. The molecule has 1 fully saturated rings. The highest BCUT2D eigenvalue weighted by molar-refractivity contribution is 9.11. The average Bonchev–Trinajstić information content (AvgIpc) is 3.43. The van der Waals surface area contributed by atoms with Gasteiger partial charge in [-0.15, -0.1) is 0 Å². The van der Waals surface area contributed by atoms with E-state index >= 15 is 0 Å². The highest BCUT2D eigenvalue weighted by Crippen LogP contribution is 2.41. The zero-order valence-corrected chi connectivity index (χ0v) is 23.7. The number of imidazole rings is 1. The van der Waals surface area contributed by atoms with Gasteiger partial charge in [0.25, 0.3) is 0 Å². The van der Waals surface area contributed by atoms with Gasteiger partial charge in [0, 0.05) is 32.3 Å². The van der Waals surface area contributed by atoms with Crippen LogP contribution >= 0.6 is 27.3 Å². The lowest BCUT2D eigenvalue weighted by molar-refractivity contribution is 0.321. The highest BCUT2D eigenvalue weighted by atomic mass is 79.9. The first-order chi connectivity index (χ1) is 17.2. The summed E-state index contributed by atoms with van der Waals surface area (Å²) in [5.74, 6) is 1.10. The quantitative estimate of drug-likeness (QED) is 0.355. The normalized spacial score (nSPS) is 19.7. The molecule has 0 spiro atoms. The van der Waals surface area contributed by atoms with Crippen LogP contribution in [0.2, 0.25) is 0 Å². The molecule has 7 nitrogen and oxygen atoms in total. The molecule has 36 heavy (non-hydrogen) atoms. The van der Waals surface area contributed by atoms with Crippen molar-refractivity contribution in [3.05, 3.63) is 63.1 Å². The fourth-order valence-electron chi connectivity index (χ4n) is 5.01. The average molecular weight is 595 g/mol. The molecule has 0 aromatic carbocycles. The smallest absolute Gasteiger partial charge is 0.211 e. The summed E-state index contributed by atoms with van der Waals surface area (Å²) in [6.07, 6.45) is 11.4. The van der Waals surface area contributed by atoms with Gasteiger partial charge >= 0.3 is 0 Å². The van der Waals surface area contributed by atoms with Crippen LogP contribution in [0.4, 0.5) is 15.3 Å². The molecule has 192 valence electrons. The van der Waals surface area contributed by atoms with Gasteiger partial charge in [0.1, 0.15) is 17.3 Å². The maximum absolute atomic E-state index is 13.5. The number of rotatable bonds is 6. The molecule has 5 rings (SSSR count). The summed E-state index contributed by atoms with van der Waals surface area (Å²) in [7, 11) is -1.15. The predicted octanol–water partition coefficient (Wildman–Crippen LogP) is 5.92. The van der Waals surface area contributed by atoms with E-state index in [1.165, 1.54) is 17.9 Å². The fraction of sp³-hybridized carbons (Fsp3) is 0.440. The molecule has 0 radical (unpaired) electrons. The molecule has 0 bridgehead atoms. The Kier molecular flexibility index (Phi) is 7.10. The Morgan fingerprint density at radius 2 is 2.00 bits per heavy atom. The van der Waals surface area contributed by atoms with Gasteiger partial charge in [-0.25, -0.2) is 27.1 Å². The highest BCUT2D eigenvalue weighted by Gasteiger charge is 2.27. The lowest BCUT2D eigenvalue weighted by Gasteiger charge is -2.30. The van der Waals surface area contributed by atoms with E-state index < -0.39 is 10.0 Å². The lowest BCUT2D eigenvalue weighted by atomic mass is 9.91. The van der Waals surface area contributed by atoms with E-state index in [0.717, 1.165) is 51.0 Å². The Morgan fingerprint density at radius 1 is 1.25 bits per heavy atom. The number of anilines is 2. The molecule has 3 aromatic heterocycles. The molecule has 0 saturated carbocycles. The van der Waals surface area contributed by atoms with Crippen LogP contribution in [0.5, 0.6) is 0 Å². The third kappa shape index (κ3) is 4.90. The number of aryl methyl sites for hydroxylation is 1. The number of pyridine rings is 1. The molecule has 0 amide bonds. The maximum atomic E-state index is 13.5. The Bertz CT molecular complexity index is 1450. The van der Waals surface area contributed by atoms with Crippen LogP contribution in [-0.4, -0.2) is 53.5 Å². The van der Waals surface area contributed by atoms with Crippen molar-refractivity contribution in [3.63, 3.8) is 0 Å². The van der Waals surface area contributed by atoms with E-state index in [4.69, 9.17) is 9.97 Å². The maximum Gasteiger partial charge on any atom is 0.211 e. The molecule has 2 aliphatic rings. The van der Waals surface area contributed by atoms with Gasteiger partial charge in [0.05, 0.1) is 21.4 Å². The van der Waals surface area contributed by atoms with Crippen molar-refractivity contribution in [2.45, 2.75) is 44.4 Å². The summed E-state index contributed by atoms with van der Waals surface area (Å²) in [6.45, 7) is 3.18. The van der Waals surface area contributed by atoms with Gasteiger partial charge in [-0.2, -0.15) is 0 Å². The van der Waals surface area contributed by atoms with E-state index in [9.17, 15) is 12.8 Å². The SMILES string of the molecule is CCc1nc2ccc(C3CCN(S(C)(=O)=O)CC3)cn2c1N(C)c1nc(C2C=CC(F)=CC2)c(Br)s1. The second-order valence-corrected chi connectivity index (χ2v) is 13.6. The Morgan fingerprint density at radius 3 is 2.64 bits per heavy atom. The summed E-state index contributed by atoms with van der Waals surface area (Å²) >= 11 is 5.24. The minimum Gasteiger partial charge on any atom is -0.305 e. The summed E-state index contributed by atoms with van der Waals surface area (Å²) in [5, 5.41) is 0.837. The van der Waals surface area contributed by atoms with Crippen LogP contribution in [0.3, 0.4) is 0 Å². The lowest BCUT2D eigenvalue weighted by Crippen LogP contribution is -2.37. The van der Waals surface area contributed by atoms with Crippen LogP contribution in [0.25, 0.3) is 5.65 Å². The standard InChI is InChI=1S/C25H29BrFN5O2S2/c1-4-20-24(30(2)25-29-22(23(26)35-25)17-5-8-19(27)9-6-17)32-15-18(7-10-21(32)28-20)16-11-13-31(14-12-16)36(3,33)34/h5,7-10,15-17H,4,6,11-14H2,1-3H3. The van der Waals surface area contributed by atoms with Gasteiger partial charge in [0.15, 0.2) is 5.13 Å². The van der Waals surface area contributed by atoms with E-state index in [0.29, 0.717) is 25.4 Å². The number of halogens is 2. The number of sulfonamides is 1. The van der Waals surface area contributed by atoms with Crippen molar-refractivity contribution in [3.8, 4) is 0 Å². The molecule has 4 heterocycles. The topological polar surface area (TPSA) is 70.8 Å². The van der Waals surface area contributed by atoms with Crippen molar-refractivity contribution in [2.24, 2.45) is 0 Å². The molecule has 1 saturated heterocycles. The third-order valence-corrected chi connectivity index (χ3v) is 10.2. The Labute approximate surface area is 223 Å². The van der Waals surface area contributed by atoms with Crippen LogP contribution in [0, 0.1) is 0 Å². The number of piperidine rings is 1. The predicted molar refractivity (Wildman–Crippen MR) is 147 cm³/mol. The molecule has 1 atom stereocenters. The number of nitrogens with zero attached hydrogens (tertiary/aromatic N) is 5. The van der Waals surface area contributed by atoms with Gasteiger partial charge in [-0.05, 0) is 71.3 Å². The van der Waals surface area contributed by atoms with Crippen molar-refractivity contribution in [1.82, 2.24) is 18.7 Å². The van der Waals surface area contributed by atoms with E-state index in [1.54, 1.807) is 21.7 Å². The molecule has 3 aromatic rings. The van der Waals surface area contributed by atoms with Gasteiger partial charge in [-0.3, -0.25) is 4.40 Å². The molecule has 0 N–H and O–H groups in total.